The van der Waals surface area contributed by atoms with Gasteiger partial charge in [0.15, 0.2) is 0 Å². The molecule has 0 spiro atoms. The molecule has 2 rings (SSSR count). The molecule has 0 heterocycles. The Morgan fingerprint density at radius 3 is 2.41 bits per heavy atom. The Balaban J connectivity index is 1.93. The summed E-state index contributed by atoms with van der Waals surface area (Å²) in [5, 5.41) is 18.7. The Kier molecular flexibility index (Phi) is 9.18. The van der Waals surface area contributed by atoms with Crippen molar-refractivity contribution in [2.24, 2.45) is 0 Å². The van der Waals surface area contributed by atoms with Crippen molar-refractivity contribution in [3.63, 3.8) is 0 Å². The summed E-state index contributed by atoms with van der Waals surface area (Å²) >= 11 is 0. The van der Waals surface area contributed by atoms with E-state index in [0.717, 1.165) is 43.5 Å². The van der Waals surface area contributed by atoms with Crippen LogP contribution in [-0.4, -0.2) is 46.7 Å². The van der Waals surface area contributed by atoms with Gasteiger partial charge >= 0.3 is 11.9 Å². The molecule has 156 valence electrons. The summed E-state index contributed by atoms with van der Waals surface area (Å²) in [6, 6.07) is 14.1. The Morgan fingerprint density at radius 1 is 1.00 bits per heavy atom. The lowest BCUT2D eigenvalue weighted by atomic mass is 10.1. The number of carbonyl (C=O) groups is 2. The van der Waals surface area contributed by atoms with Gasteiger partial charge in [0.1, 0.15) is 5.75 Å². The van der Waals surface area contributed by atoms with Crippen molar-refractivity contribution in [2.75, 3.05) is 19.7 Å². The molecule has 0 radical (unpaired) electrons. The molecule has 0 amide bonds. The van der Waals surface area contributed by atoms with Crippen molar-refractivity contribution in [2.45, 2.75) is 39.2 Å². The van der Waals surface area contributed by atoms with Crippen LogP contribution in [0.5, 0.6) is 5.75 Å². The van der Waals surface area contributed by atoms with E-state index < -0.39 is 5.97 Å². The second-order valence-electron chi connectivity index (χ2n) is 6.96. The van der Waals surface area contributed by atoms with E-state index in [4.69, 9.17) is 9.84 Å². The molecule has 2 aromatic carbocycles. The topological polar surface area (TPSA) is 87.1 Å². The Hall–Kier alpha value is -2.86. The monoisotopic (exact) mass is 399 g/mol. The number of carbonyl (C=O) groups excluding carboxylic acids is 1. The summed E-state index contributed by atoms with van der Waals surface area (Å²) < 4.78 is 4.97. The van der Waals surface area contributed by atoms with Gasteiger partial charge in [-0.1, -0.05) is 24.3 Å². The van der Waals surface area contributed by atoms with Crippen LogP contribution in [0.25, 0.3) is 0 Å². The van der Waals surface area contributed by atoms with Gasteiger partial charge in [-0.15, -0.1) is 0 Å². The fourth-order valence-electron chi connectivity index (χ4n) is 3.12. The lowest BCUT2D eigenvalue weighted by molar-refractivity contribution is -0.143. The van der Waals surface area contributed by atoms with Crippen LogP contribution in [0.3, 0.4) is 0 Å². The van der Waals surface area contributed by atoms with Crippen LogP contribution >= 0.6 is 0 Å². The Morgan fingerprint density at radius 2 is 1.76 bits per heavy atom. The van der Waals surface area contributed by atoms with E-state index in [-0.39, 0.29) is 17.3 Å². The van der Waals surface area contributed by atoms with E-state index >= 15 is 0 Å². The maximum atomic E-state index is 11.5. The number of unbranched alkanes of at least 4 members (excludes halogenated alkanes) is 1. The van der Waals surface area contributed by atoms with Crippen LogP contribution < -0.4 is 0 Å². The van der Waals surface area contributed by atoms with Crippen LogP contribution in [0.2, 0.25) is 0 Å². The maximum absolute atomic E-state index is 11.5. The number of rotatable bonds is 12. The summed E-state index contributed by atoms with van der Waals surface area (Å²) in [6.07, 6.45) is 2.84. The zero-order chi connectivity index (χ0) is 21.1. The first kappa shape index (κ1) is 22.4. The lowest BCUT2D eigenvalue weighted by Crippen LogP contribution is -2.27. The van der Waals surface area contributed by atoms with E-state index in [9.17, 15) is 14.7 Å². The predicted octanol–water partition coefficient (Wildman–Crippen LogP) is 3.87. The average molecular weight is 399 g/mol. The summed E-state index contributed by atoms with van der Waals surface area (Å²) in [7, 11) is 0. The van der Waals surface area contributed by atoms with Gasteiger partial charge in [-0.2, -0.15) is 0 Å². The lowest BCUT2D eigenvalue weighted by Gasteiger charge is -2.22. The summed E-state index contributed by atoms with van der Waals surface area (Å²) in [6.45, 7) is 4.51. The molecule has 6 heteroatoms. The first-order valence-corrected chi connectivity index (χ1v) is 9.96. The molecule has 0 atom stereocenters. The molecule has 29 heavy (non-hydrogen) atoms. The maximum Gasteiger partial charge on any atom is 0.335 e. The third-order valence-electron chi connectivity index (χ3n) is 4.64. The summed E-state index contributed by atoms with van der Waals surface area (Å²) in [5.74, 6) is -0.841. The van der Waals surface area contributed by atoms with Gasteiger partial charge in [-0.25, -0.2) is 4.79 Å². The quantitative estimate of drug-likeness (QED) is 0.416. The van der Waals surface area contributed by atoms with Gasteiger partial charge in [-0.05, 0) is 68.1 Å². The third kappa shape index (κ3) is 8.35. The molecule has 0 fully saturated rings. The number of phenols is 1. The number of esters is 1. The van der Waals surface area contributed by atoms with Crippen molar-refractivity contribution in [1.29, 1.82) is 0 Å². The molecular weight excluding hydrogens is 370 g/mol. The van der Waals surface area contributed by atoms with Crippen LogP contribution in [0.4, 0.5) is 0 Å². The highest BCUT2D eigenvalue weighted by atomic mass is 16.5. The van der Waals surface area contributed by atoms with Crippen molar-refractivity contribution < 1.29 is 24.5 Å². The molecule has 0 unspecified atom stereocenters. The fourth-order valence-corrected chi connectivity index (χ4v) is 3.12. The number of benzene rings is 2. The normalized spacial score (nSPS) is 10.8. The zero-order valence-electron chi connectivity index (χ0n) is 16.8. The number of carboxylic acids is 1. The van der Waals surface area contributed by atoms with Gasteiger partial charge in [0.2, 0.25) is 0 Å². The molecule has 0 aromatic heterocycles. The van der Waals surface area contributed by atoms with Crippen molar-refractivity contribution in [3.8, 4) is 5.75 Å². The molecule has 0 aliphatic rings. The minimum atomic E-state index is -0.934. The molecular formula is C23H29NO5. The van der Waals surface area contributed by atoms with Crippen LogP contribution in [0.1, 0.15) is 47.7 Å². The molecule has 2 N–H and O–H groups in total. The van der Waals surface area contributed by atoms with Gasteiger partial charge in [0, 0.05) is 19.5 Å². The molecule has 0 saturated heterocycles. The van der Waals surface area contributed by atoms with E-state index in [1.165, 1.54) is 0 Å². The molecule has 0 aliphatic heterocycles. The van der Waals surface area contributed by atoms with E-state index in [0.29, 0.717) is 19.6 Å². The van der Waals surface area contributed by atoms with Crippen LogP contribution in [-0.2, 0) is 22.5 Å². The number of carboxylic acid groups (broad SMARTS) is 1. The third-order valence-corrected chi connectivity index (χ3v) is 4.64. The van der Waals surface area contributed by atoms with Crippen molar-refractivity contribution in [3.05, 3.63) is 65.2 Å². The van der Waals surface area contributed by atoms with Crippen LogP contribution in [0, 0.1) is 0 Å². The molecule has 0 aliphatic carbocycles. The largest absolute Gasteiger partial charge is 0.508 e. The Labute approximate surface area is 171 Å². The standard InChI is InChI=1S/C23H29NO5/c1-2-29-22(26)8-3-4-14-24(15-13-18-6-5-7-21(25)16-18)17-19-9-11-20(12-10-19)23(27)28/h5-7,9-12,16,25H,2-4,8,13-15,17H2,1H3,(H,27,28). The molecule has 0 bridgehead atoms. The number of aromatic hydroxyl groups is 1. The first-order chi connectivity index (χ1) is 14.0. The number of hydrogen-bond acceptors (Lipinski definition) is 5. The second kappa shape index (κ2) is 11.9. The highest BCUT2D eigenvalue weighted by Gasteiger charge is 2.10. The van der Waals surface area contributed by atoms with Gasteiger partial charge < -0.3 is 14.9 Å². The van der Waals surface area contributed by atoms with Gasteiger partial charge in [0.05, 0.1) is 12.2 Å². The number of hydrogen-bond donors (Lipinski definition) is 2. The van der Waals surface area contributed by atoms with E-state index in [1.807, 2.05) is 24.3 Å². The first-order valence-electron chi connectivity index (χ1n) is 9.96. The molecule has 0 saturated carbocycles. The van der Waals surface area contributed by atoms with Gasteiger partial charge in [0.25, 0.3) is 0 Å². The predicted molar refractivity (Wildman–Crippen MR) is 111 cm³/mol. The number of phenolic OH excluding ortho intramolecular Hbond substituents is 1. The summed E-state index contributed by atoms with van der Waals surface area (Å²) in [5.41, 5.74) is 2.37. The SMILES string of the molecule is CCOC(=O)CCCCN(CCc1cccc(O)c1)Cc1ccc(C(=O)O)cc1. The van der Waals surface area contributed by atoms with E-state index in [2.05, 4.69) is 4.90 Å². The van der Waals surface area contributed by atoms with Crippen molar-refractivity contribution in [1.82, 2.24) is 4.90 Å². The van der Waals surface area contributed by atoms with Gasteiger partial charge in [-0.3, -0.25) is 9.69 Å². The molecule has 6 nitrogen and oxygen atoms in total. The molecule has 2 aromatic rings. The minimum absolute atomic E-state index is 0.164. The fraction of sp³-hybridized carbons (Fsp3) is 0.391. The smallest absolute Gasteiger partial charge is 0.335 e. The number of ether oxygens (including phenoxy) is 1. The average Bonchev–Trinajstić information content (AvgIpc) is 2.70. The zero-order valence-corrected chi connectivity index (χ0v) is 16.8. The number of aromatic carboxylic acids is 1. The van der Waals surface area contributed by atoms with E-state index in [1.54, 1.807) is 31.2 Å². The van der Waals surface area contributed by atoms with Crippen LogP contribution in [0.15, 0.2) is 48.5 Å². The highest BCUT2D eigenvalue weighted by Crippen LogP contribution is 2.14. The Bertz CT molecular complexity index is 788. The number of nitrogens with zero attached hydrogens (tertiary/aromatic N) is 1. The summed E-state index contributed by atoms with van der Waals surface area (Å²) in [4.78, 5) is 24.8. The van der Waals surface area contributed by atoms with Crippen molar-refractivity contribution >= 4 is 11.9 Å². The highest BCUT2D eigenvalue weighted by molar-refractivity contribution is 5.87. The second-order valence-corrected chi connectivity index (χ2v) is 6.96. The minimum Gasteiger partial charge on any atom is -0.508 e.